The van der Waals surface area contributed by atoms with Gasteiger partial charge in [0.15, 0.2) is 24.8 Å². The van der Waals surface area contributed by atoms with Crippen LogP contribution >= 0.6 is 11.3 Å². The van der Waals surface area contributed by atoms with Gasteiger partial charge in [-0.25, -0.2) is 18.3 Å². The number of benzene rings is 10. The van der Waals surface area contributed by atoms with Crippen LogP contribution in [0.2, 0.25) is 0 Å². The molecule has 5 nitrogen and oxygen atoms in total. The van der Waals surface area contributed by atoms with Gasteiger partial charge in [0.05, 0.1) is 50.1 Å². The summed E-state index contributed by atoms with van der Waals surface area (Å²) in [5, 5.41) is 18.1. The van der Waals surface area contributed by atoms with Crippen molar-refractivity contribution in [3.63, 3.8) is 0 Å². The van der Waals surface area contributed by atoms with Crippen molar-refractivity contribution in [3.05, 3.63) is 298 Å². The van der Waals surface area contributed by atoms with E-state index >= 15 is 0 Å². The first-order valence-corrected chi connectivity index (χ1v) is 44.4. The third kappa shape index (κ3) is 14.9. The number of hydrogen-bond donors (Lipinski definition) is 0. The molecule has 0 radical (unpaired) electrons. The fourth-order valence-corrected chi connectivity index (χ4v) is 22.0. The zero-order valence-corrected chi connectivity index (χ0v) is 70.5. The number of pyridine rings is 4. The minimum Gasteiger partial charge on any atom is -0.464 e. The molecule has 0 amide bonds. The first kappa shape index (κ1) is 75.9. The molecule has 4 saturated carbocycles. The van der Waals surface area contributed by atoms with Gasteiger partial charge in [0.1, 0.15) is 33.8 Å². The summed E-state index contributed by atoms with van der Waals surface area (Å²) >= 11 is 1.83. The van der Waals surface area contributed by atoms with Gasteiger partial charge in [-0.1, -0.05) is 200 Å². The molecule has 0 aliphatic heterocycles. The molecule has 10 aromatic carbocycles. The lowest BCUT2D eigenvalue weighted by atomic mass is 9.81. The molecule has 21 rings (SSSR count). The molecule has 16 aromatic rings. The van der Waals surface area contributed by atoms with E-state index in [1.54, 1.807) is 6.26 Å². The summed E-state index contributed by atoms with van der Waals surface area (Å²) in [4.78, 5) is 0. The fourth-order valence-electron chi connectivity index (χ4n) is 21.1. The molecule has 578 valence electrons. The van der Waals surface area contributed by atoms with Crippen molar-refractivity contribution >= 4 is 86.3 Å². The SMILES string of the molecule is Cc1cc2c(cc1-c1c3ccc(C4CCCCC4)cc3cc[n+]1C)C(C)(C)c1ccccc1-2.Cc1cc2ccccc2cc1-c1c2ccc(C3CCCCC3)cc2cc[n+]1C.Cc1cc2ccoc2cc1-c1c2ccc(C3CCCCC3)cc2cc[n+]1C.Cc1cc2ccsc2cc1-c1c2ccc(C3CCCCC3)cc2cc[n+]1C. The summed E-state index contributed by atoms with van der Waals surface area (Å²) in [6.45, 7) is 13.7. The summed E-state index contributed by atoms with van der Waals surface area (Å²) in [5.41, 5.74) is 28.6. The van der Waals surface area contributed by atoms with Crippen LogP contribution in [0.3, 0.4) is 0 Å². The van der Waals surface area contributed by atoms with Crippen LogP contribution in [0, 0.1) is 27.7 Å². The average Bonchev–Trinajstić information content (AvgIpc) is 1.58. The van der Waals surface area contributed by atoms with E-state index in [0.717, 1.165) is 29.3 Å². The van der Waals surface area contributed by atoms with E-state index in [1.807, 2.05) is 17.4 Å². The van der Waals surface area contributed by atoms with E-state index in [-0.39, 0.29) is 5.41 Å². The monoisotopic (exact) mass is 1530 g/mol. The highest BCUT2D eigenvalue weighted by atomic mass is 32.1. The topological polar surface area (TPSA) is 28.7 Å². The first-order valence-electron chi connectivity index (χ1n) is 43.5. The number of nitrogens with zero attached hydrogens (tertiary/aromatic N) is 4. The second-order valence-corrected chi connectivity index (χ2v) is 36.4. The van der Waals surface area contributed by atoms with Gasteiger partial charge in [-0.05, 0) is 285 Å². The van der Waals surface area contributed by atoms with Crippen LogP contribution < -0.4 is 18.3 Å². The Labute approximate surface area is 686 Å². The predicted octanol–water partition coefficient (Wildman–Crippen LogP) is 28.2. The van der Waals surface area contributed by atoms with Gasteiger partial charge in [-0.2, -0.15) is 0 Å². The van der Waals surface area contributed by atoms with E-state index in [9.17, 15) is 0 Å². The molecular formula is C109H114N4OS+4. The van der Waals surface area contributed by atoms with Crippen LogP contribution in [0.15, 0.2) is 247 Å². The number of furan rings is 1. The Balaban J connectivity index is 0.000000107. The van der Waals surface area contributed by atoms with E-state index in [2.05, 4.69) is 318 Å². The molecule has 6 heterocycles. The Morgan fingerprint density at radius 2 is 0.661 bits per heavy atom. The quantitative estimate of drug-likeness (QED) is 0.139. The van der Waals surface area contributed by atoms with Gasteiger partial charge in [0.25, 0.3) is 0 Å². The summed E-state index contributed by atoms with van der Waals surface area (Å²) < 4.78 is 16.2. The van der Waals surface area contributed by atoms with Gasteiger partial charge in [-0.15, -0.1) is 11.3 Å². The number of hydrogen-bond acceptors (Lipinski definition) is 2. The van der Waals surface area contributed by atoms with Crippen molar-refractivity contribution in [3.8, 4) is 56.2 Å². The number of aromatic nitrogens is 4. The second-order valence-electron chi connectivity index (χ2n) is 35.5. The lowest BCUT2D eigenvalue weighted by Gasteiger charge is -2.23. The van der Waals surface area contributed by atoms with Crippen molar-refractivity contribution in [1.29, 1.82) is 0 Å². The highest BCUT2D eigenvalue weighted by molar-refractivity contribution is 7.17. The van der Waals surface area contributed by atoms with Gasteiger partial charge < -0.3 is 4.42 Å². The summed E-state index contributed by atoms with van der Waals surface area (Å²) in [6, 6.07) is 78.5. The largest absolute Gasteiger partial charge is 0.464 e. The lowest BCUT2D eigenvalue weighted by molar-refractivity contribution is -0.659. The number of aryl methyl sites for hydroxylation is 8. The normalized spacial score (nSPS) is 16.0. The first-order chi connectivity index (χ1) is 56.1. The van der Waals surface area contributed by atoms with Crippen LogP contribution in [-0.2, 0) is 33.6 Å². The minimum atomic E-state index is 0.0195. The molecule has 0 N–H and O–H groups in total. The Morgan fingerprint density at radius 3 is 1.10 bits per heavy atom. The molecule has 115 heavy (non-hydrogen) atoms. The fraction of sp³-hybridized carbons (Fsp3) is 0.321. The van der Waals surface area contributed by atoms with Crippen molar-refractivity contribution in [2.75, 3.05) is 0 Å². The molecule has 0 unspecified atom stereocenters. The maximum atomic E-state index is 5.68. The van der Waals surface area contributed by atoms with Crippen molar-refractivity contribution in [1.82, 2.24) is 0 Å². The lowest BCUT2D eigenvalue weighted by Crippen LogP contribution is -2.31. The Kier molecular flexibility index (Phi) is 21.4. The van der Waals surface area contributed by atoms with Crippen LogP contribution in [-0.4, -0.2) is 0 Å². The van der Waals surface area contributed by atoms with Gasteiger partial charge in [0, 0.05) is 39.8 Å². The predicted molar refractivity (Wildman–Crippen MR) is 485 cm³/mol. The highest BCUT2D eigenvalue weighted by Gasteiger charge is 2.37. The third-order valence-electron chi connectivity index (χ3n) is 27.6. The van der Waals surface area contributed by atoms with E-state index in [1.165, 1.54) is 310 Å². The zero-order valence-electron chi connectivity index (χ0n) is 69.7. The highest BCUT2D eigenvalue weighted by Crippen LogP contribution is 2.51. The maximum absolute atomic E-state index is 5.68. The molecule has 5 aliphatic rings. The van der Waals surface area contributed by atoms with E-state index < -0.39 is 0 Å². The summed E-state index contributed by atoms with van der Waals surface area (Å²) in [6.07, 6.45) is 38.1. The van der Waals surface area contributed by atoms with Crippen molar-refractivity contribution < 1.29 is 22.7 Å². The molecule has 0 spiro atoms. The minimum absolute atomic E-state index is 0.0195. The molecule has 4 fully saturated rings. The summed E-state index contributed by atoms with van der Waals surface area (Å²) in [5.74, 6) is 2.98. The third-order valence-corrected chi connectivity index (χ3v) is 28.5. The van der Waals surface area contributed by atoms with Crippen LogP contribution in [0.25, 0.3) is 131 Å². The Hall–Kier alpha value is -10.4. The number of fused-ring (bicyclic) bond motifs is 10. The van der Waals surface area contributed by atoms with Gasteiger partial charge in [-0.3, -0.25) is 0 Å². The van der Waals surface area contributed by atoms with Crippen molar-refractivity contribution in [2.24, 2.45) is 28.2 Å². The average molecular weight is 1530 g/mol. The zero-order chi connectivity index (χ0) is 78.6. The van der Waals surface area contributed by atoms with E-state index in [4.69, 9.17) is 4.42 Å². The Morgan fingerprint density at radius 1 is 0.296 bits per heavy atom. The molecule has 6 heteroatoms. The molecular weight excluding hydrogens is 1410 g/mol. The molecule has 5 aliphatic carbocycles. The smallest absolute Gasteiger partial charge is 0.220 e. The standard InChI is InChI=1S/C32H34N.C27H28N.C25H26NO.C25H26NS/c1-21-18-28-26-12-8-9-13-29(26)32(2,3)30(28)20-27(21)31-25-15-14-23(22-10-6-5-7-11-22)19-24(25)16-17-33(31)4;1-19-16-21-10-6-7-11-22(21)18-26(19)27-25-13-12-23(20-8-4-3-5-9-20)17-24(25)14-15-28(27)2;2*1-17-14-21-11-13-27-24(21)16-23(17)25-22-9-8-19(18-6-4-3-5-7-18)15-20(22)10-12-26(25)2/h8-9,12-20,22H,5-7,10-11H2,1-4H3;6-7,10-18,20H,3-5,8-9H2,1-2H3;2*8-16,18H,3-7H2,1-2H3/q4*+1. The number of rotatable bonds is 8. The second kappa shape index (κ2) is 32.4. The Bertz CT molecular complexity index is 6180. The molecule has 0 bridgehead atoms. The van der Waals surface area contributed by atoms with Gasteiger partial charge >= 0.3 is 0 Å². The van der Waals surface area contributed by atoms with E-state index in [0.29, 0.717) is 0 Å². The summed E-state index contributed by atoms with van der Waals surface area (Å²) in [7, 11) is 8.66. The molecule has 0 saturated heterocycles. The van der Waals surface area contributed by atoms with Crippen LogP contribution in [0.5, 0.6) is 0 Å². The molecule has 0 atom stereocenters. The number of thiophene rings is 1. The maximum Gasteiger partial charge on any atom is 0.220 e. The van der Waals surface area contributed by atoms with Crippen LogP contribution in [0.1, 0.15) is 222 Å². The van der Waals surface area contributed by atoms with Gasteiger partial charge in [0.2, 0.25) is 22.8 Å². The molecule has 6 aromatic heterocycles. The van der Waals surface area contributed by atoms with Crippen molar-refractivity contribution in [2.45, 2.75) is 199 Å². The van der Waals surface area contributed by atoms with Crippen LogP contribution in [0.4, 0.5) is 0 Å².